The van der Waals surface area contributed by atoms with Crippen LogP contribution < -0.4 is 10.6 Å². The van der Waals surface area contributed by atoms with Gasteiger partial charge in [0.1, 0.15) is 5.69 Å². The molecule has 3 aromatic rings. The van der Waals surface area contributed by atoms with E-state index in [0.29, 0.717) is 12.2 Å². The van der Waals surface area contributed by atoms with Crippen molar-refractivity contribution < 1.29 is 4.79 Å². The van der Waals surface area contributed by atoms with Gasteiger partial charge in [-0.2, -0.15) is 0 Å². The Balaban J connectivity index is 1.60. The molecule has 4 heteroatoms. The largest absolute Gasteiger partial charge is 0.354 e. The molecule has 3 rings (SSSR count). The molecule has 0 atom stereocenters. The zero-order valence-corrected chi connectivity index (χ0v) is 15.3. The summed E-state index contributed by atoms with van der Waals surface area (Å²) in [5.41, 5.74) is 7.02. The molecule has 0 fully saturated rings. The number of aryl methyl sites for hydroxylation is 3. The van der Waals surface area contributed by atoms with E-state index in [9.17, 15) is 4.79 Å². The normalized spacial score (nSPS) is 10.4. The first-order chi connectivity index (χ1) is 12.5. The fourth-order valence-corrected chi connectivity index (χ4v) is 2.57. The van der Waals surface area contributed by atoms with Gasteiger partial charge in [-0.05, 0) is 61.7 Å². The van der Waals surface area contributed by atoms with Crippen LogP contribution in [0.2, 0.25) is 0 Å². The summed E-state index contributed by atoms with van der Waals surface area (Å²) in [6, 6.07) is 17.9. The highest BCUT2D eigenvalue weighted by molar-refractivity contribution is 5.92. The standard InChI is InChI=1S/C22H23N3O/c1-15-4-7-18(8-5-15)13-24-22(26)21-11-10-20(14-23-21)25-19-9-6-16(2)17(3)12-19/h4-12,14,25H,13H2,1-3H3,(H,24,26). The highest BCUT2D eigenvalue weighted by Gasteiger charge is 2.07. The fourth-order valence-electron chi connectivity index (χ4n) is 2.57. The van der Waals surface area contributed by atoms with Crippen LogP contribution in [0.4, 0.5) is 11.4 Å². The van der Waals surface area contributed by atoms with Gasteiger partial charge in [-0.1, -0.05) is 35.9 Å². The molecule has 26 heavy (non-hydrogen) atoms. The van der Waals surface area contributed by atoms with Crippen molar-refractivity contribution in [2.75, 3.05) is 5.32 Å². The Morgan fingerprint density at radius 2 is 1.62 bits per heavy atom. The van der Waals surface area contributed by atoms with Crippen LogP contribution in [-0.2, 0) is 6.54 Å². The Bertz CT molecular complexity index is 900. The summed E-state index contributed by atoms with van der Waals surface area (Å²) in [5, 5.41) is 6.20. The summed E-state index contributed by atoms with van der Waals surface area (Å²) in [7, 11) is 0. The van der Waals surface area contributed by atoms with Gasteiger partial charge in [0.05, 0.1) is 11.9 Å². The highest BCUT2D eigenvalue weighted by Crippen LogP contribution is 2.19. The van der Waals surface area contributed by atoms with Crippen molar-refractivity contribution in [2.24, 2.45) is 0 Å². The monoisotopic (exact) mass is 345 g/mol. The third-order valence-electron chi connectivity index (χ3n) is 4.37. The highest BCUT2D eigenvalue weighted by atomic mass is 16.1. The molecular weight excluding hydrogens is 322 g/mol. The number of rotatable bonds is 5. The average Bonchev–Trinajstić information content (AvgIpc) is 2.65. The van der Waals surface area contributed by atoms with Crippen LogP contribution in [-0.4, -0.2) is 10.9 Å². The minimum absolute atomic E-state index is 0.177. The molecule has 0 aliphatic rings. The summed E-state index contributed by atoms with van der Waals surface area (Å²) in [4.78, 5) is 16.5. The fraction of sp³-hybridized carbons (Fsp3) is 0.182. The van der Waals surface area contributed by atoms with E-state index in [1.807, 2.05) is 43.3 Å². The number of benzene rings is 2. The summed E-state index contributed by atoms with van der Waals surface area (Å²) in [6.07, 6.45) is 1.68. The van der Waals surface area contributed by atoms with Gasteiger partial charge in [-0.25, -0.2) is 4.98 Å². The molecule has 1 amide bonds. The van der Waals surface area contributed by atoms with Gasteiger partial charge in [0.25, 0.3) is 5.91 Å². The van der Waals surface area contributed by atoms with Crippen molar-refractivity contribution in [1.29, 1.82) is 0 Å². The zero-order chi connectivity index (χ0) is 18.5. The van der Waals surface area contributed by atoms with E-state index in [4.69, 9.17) is 0 Å². The van der Waals surface area contributed by atoms with Gasteiger partial charge < -0.3 is 10.6 Å². The maximum Gasteiger partial charge on any atom is 0.270 e. The molecule has 0 saturated heterocycles. The van der Waals surface area contributed by atoms with Crippen molar-refractivity contribution in [3.8, 4) is 0 Å². The quantitative estimate of drug-likeness (QED) is 0.706. The number of aromatic nitrogens is 1. The lowest BCUT2D eigenvalue weighted by Crippen LogP contribution is -2.23. The molecule has 0 bridgehead atoms. The number of carbonyl (C=O) groups excluding carboxylic acids is 1. The first-order valence-corrected chi connectivity index (χ1v) is 8.65. The molecule has 4 nitrogen and oxygen atoms in total. The summed E-state index contributed by atoms with van der Waals surface area (Å²) < 4.78 is 0. The predicted octanol–water partition coefficient (Wildman–Crippen LogP) is 4.68. The van der Waals surface area contributed by atoms with E-state index in [-0.39, 0.29) is 5.91 Å². The first kappa shape index (κ1) is 17.7. The number of carbonyl (C=O) groups is 1. The lowest BCUT2D eigenvalue weighted by molar-refractivity contribution is 0.0946. The van der Waals surface area contributed by atoms with E-state index in [1.165, 1.54) is 16.7 Å². The summed E-state index contributed by atoms with van der Waals surface area (Å²) in [6.45, 7) is 6.70. The maximum absolute atomic E-state index is 12.2. The molecule has 0 aliphatic carbocycles. The zero-order valence-electron chi connectivity index (χ0n) is 15.3. The molecule has 0 radical (unpaired) electrons. The second kappa shape index (κ2) is 7.83. The lowest BCUT2D eigenvalue weighted by atomic mass is 10.1. The van der Waals surface area contributed by atoms with Crippen LogP contribution in [0.5, 0.6) is 0 Å². The lowest BCUT2D eigenvalue weighted by Gasteiger charge is -2.09. The Kier molecular flexibility index (Phi) is 5.32. The Morgan fingerprint density at radius 3 is 2.27 bits per heavy atom. The summed E-state index contributed by atoms with van der Waals surface area (Å²) in [5.74, 6) is -0.177. The minimum atomic E-state index is -0.177. The molecule has 1 aromatic heterocycles. The van der Waals surface area contributed by atoms with Gasteiger partial charge in [0.15, 0.2) is 0 Å². The summed E-state index contributed by atoms with van der Waals surface area (Å²) >= 11 is 0. The van der Waals surface area contributed by atoms with Crippen molar-refractivity contribution in [3.05, 3.63) is 88.7 Å². The van der Waals surface area contributed by atoms with Gasteiger partial charge in [-0.15, -0.1) is 0 Å². The number of amides is 1. The Morgan fingerprint density at radius 1 is 0.885 bits per heavy atom. The third-order valence-corrected chi connectivity index (χ3v) is 4.37. The predicted molar refractivity (Wildman–Crippen MR) is 106 cm³/mol. The number of hydrogen-bond donors (Lipinski definition) is 2. The third kappa shape index (κ3) is 4.48. The molecule has 0 spiro atoms. The molecule has 2 aromatic carbocycles. The van der Waals surface area contributed by atoms with Crippen LogP contribution in [0.1, 0.15) is 32.7 Å². The maximum atomic E-state index is 12.2. The van der Waals surface area contributed by atoms with E-state index in [1.54, 1.807) is 12.3 Å². The number of nitrogens with zero attached hydrogens (tertiary/aromatic N) is 1. The number of hydrogen-bond acceptors (Lipinski definition) is 3. The Hall–Kier alpha value is -3.14. The van der Waals surface area contributed by atoms with Crippen LogP contribution in [0, 0.1) is 20.8 Å². The van der Waals surface area contributed by atoms with E-state index < -0.39 is 0 Å². The van der Waals surface area contributed by atoms with Crippen LogP contribution in [0.15, 0.2) is 60.8 Å². The van der Waals surface area contributed by atoms with Crippen molar-refractivity contribution >= 4 is 17.3 Å². The van der Waals surface area contributed by atoms with Gasteiger partial charge in [0, 0.05) is 12.2 Å². The van der Waals surface area contributed by atoms with Crippen molar-refractivity contribution in [1.82, 2.24) is 10.3 Å². The first-order valence-electron chi connectivity index (χ1n) is 8.65. The van der Waals surface area contributed by atoms with Crippen molar-refractivity contribution in [2.45, 2.75) is 27.3 Å². The van der Waals surface area contributed by atoms with Crippen LogP contribution >= 0.6 is 0 Å². The van der Waals surface area contributed by atoms with Gasteiger partial charge in [-0.3, -0.25) is 4.79 Å². The van der Waals surface area contributed by atoms with Crippen LogP contribution in [0.25, 0.3) is 0 Å². The molecule has 2 N–H and O–H groups in total. The number of nitrogens with one attached hydrogen (secondary N) is 2. The number of anilines is 2. The van der Waals surface area contributed by atoms with Gasteiger partial charge in [0.2, 0.25) is 0 Å². The van der Waals surface area contributed by atoms with E-state index in [2.05, 4.69) is 41.6 Å². The molecule has 132 valence electrons. The average molecular weight is 345 g/mol. The number of pyridine rings is 1. The minimum Gasteiger partial charge on any atom is -0.354 e. The van der Waals surface area contributed by atoms with E-state index in [0.717, 1.165) is 16.9 Å². The topological polar surface area (TPSA) is 54.0 Å². The second-order valence-corrected chi connectivity index (χ2v) is 6.52. The molecule has 0 aliphatic heterocycles. The molecule has 1 heterocycles. The molecular formula is C22H23N3O. The van der Waals surface area contributed by atoms with Gasteiger partial charge >= 0.3 is 0 Å². The second-order valence-electron chi connectivity index (χ2n) is 6.52. The molecule has 0 unspecified atom stereocenters. The van der Waals surface area contributed by atoms with Crippen LogP contribution in [0.3, 0.4) is 0 Å². The SMILES string of the molecule is Cc1ccc(CNC(=O)c2ccc(Nc3ccc(C)c(C)c3)cn2)cc1. The van der Waals surface area contributed by atoms with E-state index >= 15 is 0 Å². The van der Waals surface area contributed by atoms with Crippen molar-refractivity contribution in [3.63, 3.8) is 0 Å². The molecule has 0 saturated carbocycles. The Labute approximate surface area is 154 Å². The smallest absolute Gasteiger partial charge is 0.270 e.